The minimum Gasteiger partial charge on any atom is -0.490 e. The smallest absolute Gasteiger partial charge is 0.240 e. The molecule has 0 spiro atoms. The zero-order valence-electron chi connectivity index (χ0n) is 24.2. The van der Waals surface area contributed by atoms with Crippen LogP contribution in [0.2, 0.25) is 0 Å². The predicted molar refractivity (Wildman–Crippen MR) is 155 cm³/mol. The van der Waals surface area contributed by atoms with Crippen molar-refractivity contribution in [3.8, 4) is 40.0 Å². The van der Waals surface area contributed by atoms with Crippen LogP contribution in [0.1, 0.15) is 39.2 Å². The van der Waals surface area contributed by atoms with Gasteiger partial charge in [-0.1, -0.05) is 0 Å². The molecule has 0 radical (unpaired) electrons. The summed E-state index contributed by atoms with van der Waals surface area (Å²) in [6, 6.07) is 3.86. The fourth-order valence-corrected chi connectivity index (χ4v) is 5.36. The molecule has 42 heavy (non-hydrogen) atoms. The number of likely N-dealkylation sites (tertiary alicyclic amines) is 1. The third kappa shape index (κ3) is 5.87. The molecule has 13 heteroatoms. The summed E-state index contributed by atoms with van der Waals surface area (Å²) in [6.45, 7) is 6.69. The first kappa shape index (κ1) is 27.9. The van der Waals surface area contributed by atoms with Gasteiger partial charge in [-0.2, -0.15) is 5.10 Å². The van der Waals surface area contributed by atoms with Crippen LogP contribution in [0.3, 0.4) is 0 Å². The summed E-state index contributed by atoms with van der Waals surface area (Å²) in [5.41, 5.74) is 2.30. The second-order valence-corrected chi connectivity index (χ2v) is 10.5. The first-order valence-electron chi connectivity index (χ1n) is 14.4. The van der Waals surface area contributed by atoms with E-state index in [-0.39, 0.29) is 18.8 Å². The van der Waals surface area contributed by atoms with Crippen molar-refractivity contribution >= 4 is 11.6 Å². The molecule has 0 aromatic carbocycles. The van der Waals surface area contributed by atoms with E-state index in [0.29, 0.717) is 66.7 Å². The lowest BCUT2D eigenvalue weighted by Crippen LogP contribution is -2.36. The quantitative estimate of drug-likeness (QED) is 0.353. The monoisotopic (exact) mass is 577 g/mol. The third-order valence-electron chi connectivity index (χ3n) is 7.60. The first-order valence-corrected chi connectivity index (χ1v) is 14.4. The lowest BCUT2D eigenvalue weighted by Gasteiger charge is -2.31. The van der Waals surface area contributed by atoms with E-state index in [9.17, 15) is 4.39 Å². The minimum atomic E-state index is -0.320. The van der Waals surface area contributed by atoms with Crippen LogP contribution < -0.4 is 19.5 Å². The van der Waals surface area contributed by atoms with E-state index in [1.807, 2.05) is 37.8 Å². The van der Waals surface area contributed by atoms with Gasteiger partial charge in [0.05, 0.1) is 37.1 Å². The van der Waals surface area contributed by atoms with Crippen LogP contribution in [0, 0.1) is 0 Å². The van der Waals surface area contributed by atoms with Crippen LogP contribution in [-0.2, 0) is 7.05 Å². The summed E-state index contributed by atoms with van der Waals surface area (Å²) in [5.74, 6) is 3.43. The van der Waals surface area contributed by atoms with E-state index in [1.54, 1.807) is 29.3 Å². The molecule has 0 saturated carbocycles. The number of hydrogen-bond acceptors (Lipinski definition) is 10. The molecule has 12 nitrogen and oxygen atoms in total. The Balaban J connectivity index is 1.34. The highest BCUT2D eigenvalue weighted by Crippen LogP contribution is 2.39. The van der Waals surface area contributed by atoms with Crippen molar-refractivity contribution in [1.82, 2.24) is 39.4 Å². The predicted octanol–water partition coefficient (Wildman–Crippen LogP) is 4.43. The number of aromatic nitrogens is 7. The van der Waals surface area contributed by atoms with E-state index < -0.39 is 0 Å². The second kappa shape index (κ2) is 12.3. The molecule has 6 rings (SSSR count). The van der Waals surface area contributed by atoms with Gasteiger partial charge in [0.2, 0.25) is 11.8 Å². The minimum absolute atomic E-state index is 0.168. The Kier molecular flexibility index (Phi) is 8.17. The molecule has 1 atom stereocenters. The van der Waals surface area contributed by atoms with Crippen LogP contribution >= 0.6 is 0 Å². The van der Waals surface area contributed by atoms with Crippen molar-refractivity contribution in [3.63, 3.8) is 0 Å². The topological polar surface area (TPSA) is 117 Å². The Morgan fingerprint density at radius 2 is 1.95 bits per heavy atom. The van der Waals surface area contributed by atoms with E-state index in [2.05, 4.69) is 25.3 Å². The van der Waals surface area contributed by atoms with Crippen LogP contribution in [0.15, 0.2) is 36.9 Å². The summed E-state index contributed by atoms with van der Waals surface area (Å²) >= 11 is 0. The molecule has 2 aliphatic heterocycles. The van der Waals surface area contributed by atoms with Crippen LogP contribution in [0.25, 0.3) is 22.5 Å². The highest BCUT2D eigenvalue weighted by atomic mass is 19.1. The van der Waals surface area contributed by atoms with Crippen molar-refractivity contribution < 1.29 is 18.6 Å². The lowest BCUT2D eigenvalue weighted by molar-refractivity contribution is 0.168. The van der Waals surface area contributed by atoms with E-state index in [4.69, 9.17) is 24.3 Å². The molecule has 6 heterocycles. The molecule has 2 aliphatic rings. The van der Waals surface area contributed by atoms with Crippen molar-refractivity contribution in [2.24, 2.45) is 7.05 Å². The fourth-order valence-electron chi connectivity index (χ4n) is 5.36. The van der Waals surface area contributed by atoms with Gasteiger partial charge >= 0.3 is 0 Å². The summed E-state index contributed by atoms with van der Waals surface area (Å²) < 4.78 is 35.2. The Labute approximate surface area is 243 Å². The largest absolute Gasteiger partial charge is 0.490 e. The number of halogens is 1. The van der Waals surface area contributed by atoms with E-state index in [0.717, 1.165) is 37.1 Å². The van der Waals surface area contributed by atoms with Gasteiger partial charge in [-0.3, -0.25) is 4.68 Å². The van der Waals surface area contributed by atoms with Gasteiger partial charge in [0, 0.05) is 63.3 Å². The summed E-state index contributed by atoms with van der Waals surface area (Å²) in [7, 11) is 1.83. The van der Waals surface area contributed by atoms with Crippen molar-refractivity contribution in [2.45, 2.75) is 45.3 Å². The number of aryl methyl sites for hydroxylation is 1. The van der Waals surface area contributed by atoms with Gasteiger partial charge in [0.15, 0.2) is 5.82 Å². The van der Waals surface area contributed by atoms with Gasteiger partial charge in [0.1, 0.15) is 29.6 Å². The Bertz CT molecular complexity index is 1520. The molecular weight excluding hydrogens is 541 g/mol. The number of ether oxygens (including phenoxy) is 3. The molecule has 4 aromatic rings. The van der Waals surface area contributed by atoms with Crippen molar-refractivity contribution in [2.75, 3.05) is 44.8 Å². The summed E-state index contributed by atoms with van der Waals surface area (Å²) in [6.07, 6.45) is 9.44. The molecule has 0 amide bonds. The van der Waals surface area contributed by atoms with Crippen LogP contribution in [0.5, 0.6) is 17.5 Å². The van der Waals surface area contributed by atoms with Gasteiger partial charge < -0.3 is 24.4 Å². The molecule has 4 aromatic heterocycles. The summed E-state index contributed by atoms with van der Waals surface area (Å²) in [5, 5.41) is 12.5. The second-order valence-electron chi connectivity index (χ2n) is 10.5. The molecule has 4 bridgehead atoms. The average molecular weight is 578 g/mol. The zero-order valence-corrected chi connectivity index (χ0v) is 24.2. The standard InChI is InChI=1S/C29H36FN9O3/c1-4-40-28-23(18-39(36-28)20-6-11-38(12-7-20)13-9-30)21-16-32-26-15-24(21)42-19(2)8-14-41-29-22(17-33-37(29)3)27-31-10-5-25(34-26)35-27/h5,10,15-20H,4,6-9,11-14H2,1-3H3,(H,31,32,34,35)/t19-/m0/s1. The maximum atomic E-state index is 12.8. The van der Waals surface area contributed by atoms with Crippen molar-refractivity contribution in [3.05, 3.63) is 36.9 Å². The number of rotatable bonds is 6. The highest BCUT2D eigenvalue weighted by molar-refractivity contribution is 5.75. The number of nitrogens with one attached hydrogen (secondary N) is 1. The Morgan fingerprint density at radius 1 is 1.10 bits per heavy atom. The molecule has 0 unspecified atom stereocenters. The number of alkyl halides is 1. The third-order valence-corrected chi connectivity index (χ3v) is 7.60. The molecule has 1 fully saturated rings. The molecule has 0 aliphatic carbocycles. The van der Waals surface area contributed by atoms with E-state index in [1.165, 1.54) is 0 Å². The van der Waals surface area contributed by atoms with Gasteiger partial charge in [-0.25, -0.2) is 24.0 Å². The first-order chi connectivity index (χ1) is 20.5. The maximum absolute atomic E-state index is 12.8. The maximum Gasteiger partial charge on any atom is 0.240 e. The Morgan fingerprint density at radius 3 is 2.76 bits per heavy atom. The fraction of sp³-hybridized carbons (Fsp3) is 0.483. The number of piperidine rings is 1. The van der Waals surface area contributed by atoms with Gasteiger partial charge in [-0.05, 0) is 32.8 Å². The number of pyridine rings is 1. The highest BCUT2D eigenvalue weighted by Gasteiger charge is 2.26. The normalized spacial score (nSPS) is 17.9. The molecule has 1 saturated heterocycles. The van der Waals surface area contributed by atoms with Crippen LogP contribution in [0.4, 0.5) is 16.0 Å². The number of nitrogens with zero attached hydrogens (tertiary/aromatic N) is 8. The van der Waals surface area contributed by atoms with Gasteiger partial charge in [-0.15, -0.1) is 5.10 Å². The number of anilines is 2. The van der Waals surface area contributed by atoms with Gasteiger partial charge in [0.25, 0.3) is 0 Å². The number of hydrogen-bond donors (Lipinski definition) is 1. The lowest BCUT2D eigenvalue weighted by atomic mass is 10.1. The zero-order chi connectivity index (χ0) is 29.1. The Hall–Kier alpha value is -4.26. The molecule has 222 valence electrons. The van der Waals surface area contributed by atoms with E-state index >= 15 is 0 Å². The molecular formula is C29H36FN9O3. The SMILES string of the molecule is CCOc1nn(C2CCN(CCF)CC2)cc1-c1cnc2cc1O[C@@H](C)CCOc1c(cnn1C)-c1nccc(n1)N2. The summed E-state index contributed by atoms with van der Waals surface area (Å²) in [4.78, 5) is 16.0. The van der Waals surface area contributed by atoms with Crippen LogP contribution in [-0.4, -0.2) is 85.0 Å². The molecule has 1 N–H and O–H groups in total. The van der Waals surface area contributed by atoms with Crippen molar-refractivity contribution in [1.29, 1.82) is 0 Å². The average Bonchev–Trinajstić information content (AvgIpc) is 3.57. The number of fused-ring (bicyclic) bond motifs is 6.